The minimum absolute atomic E-state index is 0.133. The Morgan fingerprint density at radius 2 is 1.78 bits per heavy atom. The first-order chi connectivity index (χ1) is 22.4. The number of carbonyl (C=O) groups excluding carboxylic acids is 1. The molecule has 2 aromatic carbocycles. The molecule has 252 valence electrons. The van der Waals surface area contributed by atoms with Crippen LogP contribution in [0.2, 0.25) is 0 Å². The van der Waals surface area contributed by atoms with Crippen molar-refractivity contribution in [1.82, 2.24) is 15.4 Å². The zero-order valence-electron chi connectivity index (χ0n) is 29.0. The van der Waals surface area contributed by atoms with E-state index < -0.39 is 5.54 Å². The van der Waals surface area contributed by atoms with Crippen LogP contribution in [-0.2, 0) is 22.7 Å². The van der Waals surface area contributed by atoms with Crippen molar-refractivity contribution >= 4 is 29.5 Å². The van der Waals surface area contributed by atoms with E-state index in [1.165, 1.54) is 11.9 Å². The number of aromatic nitrogens is 1. The molecule has 1 aromatic heterocycles. The number of anilines is 1. The normalized spacial score (nSPS) is 15.2. The number of nitrogens with one attached hydrogen (secondary N) is 1. The van der Waals surface area contributed by atoms with Gasteiger partial charge in [-0.15, -0.1) is 0 Å². The van der Waals surface area contributed by atoms with E-state index in [2.05, 4.69) is 35.6 Å². The second kappa shape index (κ2) is 18.2. The van der Waals surface area contributed by atoms with Crippen LogP contribution in [0, 0.1) is 13.8 Å². The third kappa shape index (κ3) is 8.59. The second-order valence-corrected chi connectivity index (χ2v) is 11.9. The number of ether oxygens (including phenoxy) is 1. The smallest absolute Gasteiger partial charge is 0.256 e. The van der Waals surface area contributed by atoms with Crippen LogP contribution in [0.25, 0.3) is 11.1 Å². The van der Waals surface area contributed by atoms with Gasteiger partial charge in [0.05, 0.1) is 13.2 Å². The molecule has 3 heterocycles. The van der Waals surface area contributed by atoms with Crippen molar-refractivity contribution in [2.24, 2.45) is 4.99 Å². The highest BCUT2D eigenvalue weighted by Crippen LogP contribution is 2.39. The van der Waals surface area contributed by atoms with Gasteiger partial charge in [-0.2, -0.15) is 4.47 Å². The lowest BCUT2D eigenvalue weighted by atomic mass is 9.88. The highest BCUT2D eigenvalue weighted by atomic mass is 32.2. The topological polar surface area (TPSA) is 103 Å². The van der Waals surface area contributed by atoms with Crippen LogP contribution in [0.1, 0.15) is 96.1 Å². The summed E-state index contributed by atoms with van der Waals surface area (Å²) in [6.07, 6.45) is 4.37. The molecule has 0 bridgehead atoms. The molecule has 10 heteroatoms. The fraction of sp³-hybridized carbons (Fsp3) is 0.528. The monoisotopic (exact) mass is 651 g/mol. The summed E-state index contributed by atoms with van der Waals surface area (Å²) in [7, 11) is 0. The average Bonchev–Trinajstić information content (AvgIpc) is 3.55. The number of aliphatic imine (C=N–C) groups is 1. The lowest BCUT2D eigenvalue weighted by Crippen LogP contribution is -2.48. The summed E-state index contributed by atoms with van der Waals surface area (Å²) in [5.41, 5.74) is 4.22. The Hall–Kier alpha value is -3.18. The van der Waals surface area contributed by atoms with Crippen LogP contribution in [0.3, 0.4) is 0 Å². The van der Waals surface area contributed by atoms with Crippen molar-refractivity contribution < 1.29 is 19.3 Å². The molecule has 1 saturated heterocycles. The Morgan fingerprint density at radius 1 is 1.07 bits per heavy atom. The summed E-state index contributed by atoms with van der Waals surface area (Å²) in [6, 6.07) is 14.3. The number of benzene rings is 2. The van der Waals surface area contributed by atoms with Gasteiger partial charge in [-0.05, 0) is 81.4 Å². The van der Waals surface area contributed by atoms with E-state index in [-0.39, 0.29) is 5.91 Å². The number of hydrogen-bond donors (Lipinski definition) is 2. The number of hydrogen-bond acceptors (Lipinski definition) is 9. The number of amides is 1. The largest absolute Gasteiger partial charge is 0.377 e. The third-order valence-electron chi connectivity index (χ3n) is 8.13. The molecule has 1 amide bonds. The Labute approximate surface area is 279 Å². The number of carbonyl (C=O) groups is 1. The fourth-order valence-electron chi connectivity index (χ4n) is 5.59. The van der Waals surface area contributed by atoms with E-state index in [0.29, 0.717) is 31.3 Å². The molecule has 46 heavy (non-hydrogen) atoms. The summed E-state index contributed by atoms with van der Waals surface area (Å²) in [6.45, 7) is 19.0. The maximum absolute atomic E-state index is 13.8. The fourth-order valence-corrected chi connectivity index (χ4v) is 6.45. The van der Waals surface area contributed by atoms with Crippen molar-refractivity contribution in [2.75, 3.05) is 24.2 Å². The summed E-state index contributed by atoms with van der Waals surface area (Å²) in [5, 5.41) is 18.3. The van der Waals surface area contributed by atoms with E-state index in [9.17, 15) is 10.0 Å². The van der Waals surface area contributed by atoms with Gasteiger partial charge in [-0.1, -0.05) is 82.6 Å². The summed E-state index contributed by atoms with van der Waals surface area (Å²) >= 11 is 1.18. The van der Waals surface area contributed by atoms with Crippen molar-refractivity contribution in [2.45, 2.75) is 111 Å². The highest BCUT2D eigenvalue weighted by Gasteiger charge is 2.48. The Balaban J connectivity index is 0.00000139. The summed E-state index contributed by atoms with van der Waals surface area (Å²) in [4.78, 5) is 21.7. The number of aryl methyl sites for hydroxylation is 1. The summed E-state index contributed by atoms with van der Waals surface area (Å²) in [5.74, 6) is 2.09. The van der Waals surface area contributed by atoms with Gasteiger partial charge in [0.2, 0.25) is 5.82 Å². The van der Waals surface area contributed by atoms with Gasteiger partial charge in [-0.25, -0.2) is 0 Å². The number of rotatable bonds is 12. The van der Waals surface area contributed by atoms with Gasteiger partial charge >= 0.3 is 0 Å². The SMILES string of the molecule is CC.CC.CCCCC1=NC2(CCNCC2)C(=O)N1Cc1ccc(-c2ccccc2SN(O)c2noc(C)c2C)c(COCC)c1. The van der Waals surface area contributed by atoms with Crippen LogP contribution in [0.5, 0.6) is 0 Å². The molecule has 5 rings (SSSR count). The summed E-state index contributed by atoms with van der Waals surface area (Å²) < 4.78 is 12.2. The molecule has 1 fully saturated rings. The standard InChI is InChI=1S/C32H41N5O4S.2C2H6/c1-5-7-12-29-34-32(15-17-33-18-16-32)31(38)36(29)20-24-13-14-26(25(19-24)21-40-6-2)27-10-8-9-11-28(27)42-37(39)30-22(3)23(4)41-35-30;2*1-2/h8-11,13-14,19,33,39H,5-7,12,15-18,20-21H2,1-4H3;2*1-2H3. The van der Waals surface area contributed by atoms with Gasteiger partial charge in [0.1, 0.15) is 17.1 Å². The van der Waals surface area contributed by atoms with Crippen LogP contribution >= 0.6 is 11.9 Å². The van der Waals surface area contributed by atoms with Crippen LogP contribution < -0.4 is 9.79 Å². The van der Waals surface area contributed by atoms with E-state index in [4.69, 9.17) is 14.3 Å². The molecule has 0 unspecified atom stereocenters. The lowest BCUT2D eigenvalue weighted by Gasteiger charge is -2.30. The first kappa shape index (κ1) is 37.3. The molecular formula is C36H53N5O4S. The van der Waals surface area contributed by atoms with E-state index in [1.807, 2.05) is 77.6 Å². The maximum atomic E-state index is 13.8. The van der Waals surface area contributed by atoms with Crippen molar-refractivity contribution in [1.29, 1.82) is 0 Å². The molecule has 0 saturated carbocycles. The molecule has 0 atom stereocenters. The quantitative estimate of drug-likeness (QED) is 0.148. The van der Waals surface area contributed by atoms with Crippen LogP contribution in [-0.4, -0.2) is 52.2 Å². The van der Waals surface area contributed by atoms with E-state index >= 15 is 0 Å². The molecule has 2 N–H and O–H groups in total. The number of piperidine rings is 1. The van der Waals surface area contributed by atoms with Crippen LogP contribution in [0.4, 0.5) is 5.82 Å². The molecule has 1 spiro atoms. The molecule has 0 radical (unpaired) electrons. The molecular weight excluding hydrogens is 598 g/mol. The van der Waals surface area contributed by atoms with E-state index in [1.54, 1.807) is 0 Å². The molecule has 2 aliphatic heterocycles. The van der Waals surface area contributed by atoms with Gasteiger partial charge < -0.3 is 14.6 Å². The first-order valence-corrected chi connectivity index (χ1v) is 17.6. The second-order valence-electron chi connectivity index (χ2n) is 11.0. The van der Waals surface area contributed by atoms with Crippen molar-refractivity contribution in [3.63, 3.8) is 0 Å². The maximum Gasteiger partial charge on any atom is 0.256 e. The third-order valence-corrected chi connectivity index (χ3v) is 9.03. The van der Waals surface area contributed by atoms with Gasteiger partial charge in [0.25, 0.3) is 5.91 Å². The first-order valence-electron chi connectivity index (χ1n) is 16.9. The number of amidine groups is 1. The van der Waals surface area contributed by atoms with Gasteiger partial charge in [0.15, 0.2) is 0 Å². The Morgan fingerprint density at radius 3 is 2.43 bits per heavy atom. The lowest BCUT2D eigenvalue weighted by molar-refractivity contribution is -0.132. The molecule has 9 nitrogen and oxygen atoms in total. The van der Waals surface area contributed by atoms with E-state index in [0.717, 1.165) is 88.2 Å². The number of unbranched alkanes of at least 4 members (excludes halogenated alkanes) is 1. The van der Waals surface area contributed by atoms with Crippen molar-refractivity contribution in [3.8, 4) is 11.1 Å². The predicted octanol–water partition coefficient (Wildman–Crippen LogP) is 8.50. The molecule has 2 aliphatic rings. The van der Waals surface area contributed by atoms with Crippen molar-refractivity contribution in [3.05, 3.63) is 64.9 Å². The minimum Gasteiger partial charge on any atom is -0.377 e. The Kier molecular flexibility index (Phi) is 14.8. The zero-order chi connectivity index (χ0) is 33.7. The average molecular weight is 652 g/mol. The highest BCUT2D eigenvalue weighted by molar-refractivity contribution is 8.00. The minimum atomic E-state index is -0.616. The number of nitrogens with zero attached hydrogens (tertiary/aromatic N) is 4. The zero-order valence-corrected chi connectivity index (χ0v) is 29.8. The predicted molar refractivity (Wildman–Crippen MR) is 188 cm³/mol. The van der Waals surface area contributed by atoms with Gasteiger partial charge in [-0.3, -0.25) is 19.9 Å². The van der Waals surface area contributed by atoms with Crippen LogP contribution in [0.15, 0.2) is 56.9 Å². The molecule has 0 aliphatic carbocycles. The Bertz CT molecular complexity index is 1430. The molecule has 3 aromatic rings. The van der Waals surface area contributed by atoms with Gasteiger partial charge in [0, 0.05) is 35.4 Å².